The number of nitrogens with zero attached hydrogens (tertiary/aromatic N) is 2. The van der Waals surface area contributed by atoms with Crippen molar-refractivity contribution in [3.8, 4) is 0 Å². The fraction of sp³-hybridized carbons (Fsp3) is 0.800. The van der Waals surface area contributed by atoms with E-state index in [0.717, 1.165) is 5.06 Å². The van der Waals surface area contributed by atoms with Crippen molar-refractivity contribution < 1.29 is 29.1 Å². The zero-order valence-corrected chi connectivity index (χ0v) is 10.9. The molecule has 104 valence electrons. The summed E-state index contributed by atoms with van der Waals surface area (Å²) in [7, 11) is 1.31. The van der Waals surface area contributed by atoms with E-state index >= 15 is 0 Å². The summed E-state index contributed by atoms with van der Waals surface area (Å²) in [6, 6.07) is -0.794. The number of urea groups is 1. The van der Waals surface area contributed by atoms with Gasteiger partial charge in [-0.3, -0.25) is 10.0 Å². The number of hydroxylamine groups is 4. The monoisotopic (exact) mass is 262 g/mol. The molecule has 1 fully saturated rings. The zero-order valence-electron chi connectivity index (χ0n) is 10.9. The average molecular weight is 262 g/mol. The van der Waals surface area contributed by atoms with Gasteiger partial charge in [0.05, 0.1) is 13.7 Å². The van der Waals surface area contributed by atoms with Gasteiger partial charge < -0.3 is 9.47 Å². The predicted molar refractivity (Wildman–Crippen MR) is 58.5 cm³/mol. The normalized spacial score (nSPS) is 20.9. The second kappa shape index (κ2) is 5.40. The number of ether oxygens (including phenoxy) is 2. The van der Waals surface area contributed by atoms with Crippen molar-refractivity contribution in [3.63, 3.8) is 0 Å². The van der Waals surface area contributed by atoms with Crippen LogP contribution in [0.4, 0.5) is 9.59 Å². The van der Waals surface area contributed by atoms with Gasteiger partial charge in [0.15, 0.2) is 0 Å². The maximum Gasteiger partial charge on any atom is 0.510 e. The first-order chi connectivity index (χ1) is 8.24. The van der Waals surface area contributed by atoms with E-state index in [9.17, 15) is 14.8 Å². The van der Waals surface area contributed by atoms with E-state index in [1.165, 1.54) is 7.11 Å². The van der Waals surface area contributed by atoms with Gasteiger partial charge in [0.1, 0.15) is 5.60 Å². The highest BCUT2D eigenvalue weighted by molar-refractivity contribution is 5.73. The maximum atomic E-state index is 11.5. The van der Waals surface area contributed by atoms with E-state index in [1.54, 1.807) is 20.8 Å². The highest BCUT2D eigenvalue weighted by atomic mass is 16.8. The minimum atomic E-state index is -1.07. The Labute approximate surface area is 105 Å². The molecule has 1 unspecified atom stereocenters. The molecule has 0 bridgehead atoms. The van der Waals surface area contributed by atoms with Gasteiger partial charge in [-0.05, 0) is 20.8 Å². The summed E-state index contributed by atoms with van der Waals surface area (Å²) in [6.07, 6.45) is -1.79. The van der Waals surface area contributed by atoms with E-state index in [1.807, 2.05) is 0 Å². The third-order valence-electron chi connectivity index (χ3n) is 2.10. The lowest BCUT2D eigenvalue weighted by atomic mass is 10.2. The van der Waals surface area contributed by atoms with Crippen LogP contribution in [0.1, 0.15) is 27.2 Å². The number of hydrogen-bond acceptors (Lipinski definition) is 6. The lowest BCUT2D eigenvalue weighted by molar-refractivity contribution is -0.227. The number of hydrogen-bond donors (Lipinski definition) is 1. The Bertz CT molecular complexity index is 327. The Morgan fingerprint density at radius 3 is 2.56 bits per heavy atom. The molecular weight excluding hydrogens is 244 g/mol. The summed E-state index contributed by atoms with van der Waals surface area (Å²) >= 11 is 0. The smallest absolute Gasteiger partial charge is 0.429 e. The molecule has 2 amide bonds. The lowest BCUT2D eigenvalue weighted by Gasteiger charge is -2.35. The van der Waals surface area contributed by atoms with Crippen LogP contribution in [0.5, 0.6) is 0 Å². The molecule has 1 heterocycles. The van der Waals surface area contributed by atoms with E-state index in [0.29, 0.717) is 5.06 Å². The fourth-order valence-electron chi connectivity index (χ4n) is 1.35. The fourth-order valence-corrected chi connectivity index (χ4v) is 1.35. The second-order valence-corrected chi connectivity index (χ2v) is 4.74. The Balaban J connectivity index is 2.54. The van der Waals surface area contributed by atoms with Crippen LogP contribution < -0.4 is 0 Å². The van der Waals surface area contributed by atoms with Gasteiger partial charge in [-0.1, -0.05) is 0 Å². The van der Waals surface area contributed by atoms with Crippen LogP contribution >= 0.6 is 0 Å². The topological polar surface area (TPSA) is 88.5 Å². The maximum absolute atomic E-state index is 11.5. The molecular formula is C10H18N2O6. The van der Waals surface area contributed by atoms with Crippen molar-refractivity contribution in [2.24, 2.45) is 0 Å². The van der Waals surface area contributed by atoms with Crippen LogP contribution in [-0.4, -0.2) is 53.0 Å². The summed E-state index contributed by atoms with van der Waals surface area (Å²) in [5, 5.41) is 10.8. The molecule has 8 nitrogen and oxygen atoms in total. The van der Waals surface area contributed by atoms with Crippen LogP contribution in [-0.2, 0) is 14.3 Å². The van der Waals surface area contributed by atoms with Gasteiger partial charge >= 0.3 is 12.2 Å². The van der Waals surface area contributed by atoms with Crippen LogP contribution in [0.2, 0.25) is 0 Å². The Morgan fingerprint density at radius 2 is 2.06 bits per heavy atom. The molecule has 1 atom stereocenters. The SMILES string of the molecule is CON1CCC(OC(=O)OC(C)(C)C)N(O)C1=O. The molecule has 1 aliphatic heterocycles. The lowest BCUT2D eigenvalue weighted by Crippen LogP contribution is -2.53. The number of carbonyl (C=O) groups excluding carboxylic acids is 2. The van der Waals surface area contributed by atoms with Crippen molar-refractivity contribution in [2.75, 3.05) is 13.7 Å². The van der Waals surface area contributed by atoms with E-state index < -0.39 is 24.0 Å². The summed E-state index contributed by atoms with van der Waals surface area (Å²) < 4.78 is 9.78. The third-order valence-corrected chi connectivity index (χ3v) is 2.10. The summed E-state index contributed by atoms with van der Waals surface area (Å²) in [6.45, 7) is 5.26. The van der Waals surface area contributed by atoms with E-state index in [4.69, 9.17) is 14.3 Å². The van der Waals surface area contributed by atoms with Gasteiger partial charge in [0, 0.05) is 6.42 Å². The molecule has 0 aliphatic carbocycles. The second-order valence-electron chi connectivity index (χ2n) is 4.74. The minimum absolute atomic E-state index is 0.208. The Kier molecular flexibility index (Phi) is 4.36. The molecule has 0 saturated carbocycles. The van der Waals surface area contributed by atoms with E-state index in [2.05, 4.69) is 0 Å². The molecule has 0 aromatic rings. The highest BCUT2D eigenvalue weighted by Crippen LogP contribution is 2.17. The Hall–Kier alpha value is -1.54. The van der Waals surface area contributed by atoms with Gasteiger partial charge in [0.25, 0.3) is 0 Å². The van der Waals surface area contributed by atoms with Crippen molar-refractivity contribution in [3.05, 3.63) is 0 Å². The van der Waals surface area contributed by atoms with Crippen LogP contribution in [0.3, 0.4) is 0 Å². The third kappa shape index (κ3) is 3.74. The van der Waals surface area contributed by atoms with Gasteiger partial charge in [-0.15, -0.1) is 0 Å². The van der Waals surface area contributed by atoms with Gasteiger partial charge in [0.2, 0.25) is 6.23 Å². The molecule has 0 aromatic heterocycles. The van der Waals surface area contributed by atoms with Gasteiger partial charge in [-0.25, -0.2) is 14.7 Å². The molecule has 8 heteroatoms. The minimum Gasteiger partial charge on any atom is -0.429 e. The summed E-state index contributed by atoms with van der Waals surface area (Å²) in [5.41, 5.74) is -0.700. The number of carbonyl (C=O) groups is 2. The van der Waals surface area contributed by atoms with E-state index in [-0.39, 0.29) is 13.0 Å². The van der Waals surface area contributed by atoms with Crippen molar-refractivity contribution in [2.45, 2.75) is 39.0 Å². The predicted octanol–water partition coefficient (Wildman–Crippen LogP) is 1.34. The van der Waals surface area contributed by atoms with Crippen LogP contribution in [0, 0.1) is 0 Å². The molecule has 0 spiro atoms. The quantitative estimate of drug-likeness (QED) is 0.596. The van der Waals surface area contributed by atoms with Crippen molar-refractivity contribution in [1.82, 2.24) is 10.1 Å². The highest BCUT2D eigenvalue weighted by Gasteiger charge is 2.36. The Morgan fingerprint density at radius 1 is 1.44 bits per heavy atom. The number of amides is 2. The number of rotatable bonds is 2. The summed E-state index contributed by atoms with van der Waals surface area (Å²) in [4.78, 5) is 27.6. The largest absolute Gasteiger partial charge is 0.510 e. The first kappa shape index (κ1) is 14.5. The van der Waals surface area contributed by atoms with Crippen molar-refractivity contribution in [1.29, 1.82) is 0 Å². The molecule has 1 N–H and O–H groups in total. The van der Waals surface area contributed by atoms with Crippen LogP contribution in [0.15, 0.2) is 0 Å². The summed E-state index contributed by atoms with van der Waals surface area (Å²) in [5.74, 6) is 0. The van der Waals surface area contributed by atoms with Gasteiger partial charge in [-0.2, -0.15) is 5.06 Å². The standard InChI is InChI=1S/C10H18N2O6/c1-10(2,3)18-9(14)17-7-5-6-11(16-4)8(13)12(7)15/h7,15H,5-6H2,1-4H3. The van der Waals surface area contributed by atoms with Crippen molar-refractivity contribution >= 4 is 12.2 Å². The molecule has 18 heavy (non-hydrogen) atoms. The first-order valence-corrected chi connectivity index (χ1v) is 5.48. The average Bonchev–Trinajstić information content (AvgIpc) is 2.22. The molecule has 1 aliphatic rings. The molecule has 1 rings (SSSR count). The first-order valence-electron chi connectivity index (χ1n) is 5.48. The zero-order chi connectivity index (χ0) is 13.9. The van der Waals surface area contributed by atoms with Crippen LogP contribution in [0.25, 0.3) is 0 Å². The molecule has 0 aromatic carbocycles. The molecule has 1 saturated heterocycles. The molecule has 0 radical (unpaired) electrons.